The molecule has 78 valence electrons. The summed E-state index contributed by atoms with van der Waals surface area (Å²) < 4.78 is 36.8. The molecular weight excluding hydrogens is 205 g/mol. The van der Waals surface area contributed by atoms with Crippen LogP contribution in [0.2, 0.25) is 0 Å². The Morgan fingerprint density at radius 3 is 2.60 bits per heavy atom. The van der Waals surface area contributed by atoms with Gasteiger partial charge in [-0.3, -0.25) is 0 Å². The molecule has 2 rings (SSSR count). The van der Waals surface area contributed by atoms with Crippen LogP contribution in [0.15, 0.2) is 24.4 Å². The van der Waals surface area contributed by atoms with Crippen LogP contribution in [0.4, 0.5) is 13.2 Å². The first kappa shape index (κ1) is 9.89. The Kier molecular flexibility index (Phi) is 2.10. The van der Waals surface area contributed by atoms with Gasteiger partial charge in [-0.2, -0.15) is 13.2 Å². The van der Waals surface area contributed by atoms with E-state index in [1.54, 1.807) is 18.2 Å². The molecule has 0 spiro atoms. The standard InChI is InChI=1S/C10H7F3N2/c1-6-2-3-8-7(4-6)5-14-9(15-8)10(11,12)13/h2-5H,1H3. The third-order valence-electron chi connectivity index (χ3n) is 1.99. The van der Waals surface area contributed by atoms with Gasteiger partial charge in [0.25, 0.3) is 0 Å². The molecule has 0 saturated heterocycles. The fourth-order valence-electron chi connectivity index (χ4n) is 1.29. The monoisotopic (exact) mass is 212 g/mol. The predicted molar refractivity (Wildman–Crippen MR) is 49.3 cm³/mol. The second kappa shape index (κ2) is 3.18. The van der Waals surface area contributed by atoms with E-state index in [9.17, 15) is 13.2 Å². The summed E-state index contributed by atoms with van der Waals surface area (Å²) in [5, 5.41) is 0.614. The minimum atomic E-state index is -4.49. The van der Waals surface area contributed by atoms with Crippen molar-refractivity contribution in [3.05, 3.63) is 35.8 Å². The summed E-state index contributed by atoms with van der Waals surface area (Å²) in [6, 6.07) is 5.02. The van der Waals surface area contributed by atoms with Crippen molar-refractivity contribution in [3.63, 3.8) is 0 Å². The number of alkyl halides is 3. The van der Waals surface area contributed by atoms with Gasteiger partial charge in [-0.15, -0.1) is 0 Å². The summed E-state index contributed by atoms with van der Waals surface area (Å²) in [6.07, 6.45) is -3.29. The SMILES string of the molecule is Cc1ccc2nc(C(F)(F)F)ncc2c1. The Labute approximate surface area is 83.8 Å². The fraction of sp³-hybridized carbons (Fsp3) is 0.200. The summed E-state index contributed by atoms with van der Waals surface area (Å²) >= 11 is 0. The summed E-state index contributed by atoms with van der Waals surface area (Å²) in [5.74, 6) is -1.10. The van der Waals surface area contributed by atoms with Crippen molar-refractivity contribution in [3.8, 4) is 0 Å². The van der Waals surface area contributed by atoms with Crippen LogP contribution in [0, 0.1) is 6.92 Å². The summed E-state index contributed by atoms with van der Waals surface area (Å²) in [5.41, 5.74) is 1.27. The van der Waals surface area contributed by atoms with E-state index >= 15 is 0 Å². The van der Waals surface area contributed by atoms with Crippen molar-refractivity contribution in [2.45, 2.75) is 13.1 Å². The van der Waals surface area contributed by atoms with Gasteiger partial charge in [0, 0.05) is 11.6 Å². The number of halogens is 3. The minimum Gasteiger partial charge on any atom is -0.232 e. The van der Waals surface area contributed by atoms with Crippen molar-refractivity contribution in [1.29, 1.82) is 0 Å². The van der Waals surface area contributed by atoms with E-state index in [0.717, 1.165) is 5.56 Å². The van der Waals surface area contributed by atoms with Crippen molar-refractivity contribution in [2.24, 2.45) is 0 Å². The molecule has 0 radical (unpaired) electrons. The average Bonchev–Trinajstić information content (AvgIpc) is 2.15. The molecule has 5 heteroatoms. The smallest absolute Gasteiger partial charge is 0.232 e. The van der Waals surface area contributed by atoms with E-state index in [1.165, 1.54) is 6.20 Å². The first-order chi connectivity index (χ1) is 6.97. The molecule has 2 nitrogen and oxygen atoms in total. The molecule has 0 unspecified atom stereocenters. The summed E-state index contributed by atoms with van der Waals surface area (Å²) in [6.45, 7) is 1.86. The van der Waals surface area contributed by atoms with Gasteiger partial charge in [-0.05, 0) is 19.1 Å². The predicted octanol–water partition coefficient (Wildman–Crippen LogP) is 2.96. The normalized spacial score (nSPS) is 12.0. The Hall–Kier alpha value is -1.65. The lowest BCUT2D eigenvalue weighted by Gasteiger charge is -2.05. The number of fused-ring (bicyclic) bond motifs is 1. The van der Waals surface area contributed by atoms with Gasteiger partial charge in [0.15, 0.2) is 0 Å². The van der Waals surface area contributed by atoms with Gasteiger partial charge in [0.2, 0.25) is 5.82 Å². The molecule has 0 N–H and O–H groups in total. The van der Waals surface area contributed by atoms with E-state index in [-0.39, 0.29) is 0 Å². The lowest BCUT2D eigenvalue weighted by atomic mass is 10.2. The molecule has 0 aliphatic carbocycles. The van der Waals surface area contributed by atoms with Gasteiger partial charge in [-0.1, -0.05) is 11.6 Å². The van der Waals surface area contributed by atoms with E-state index in [2.05, 4.69) is 9.97 Å². The van der Waals surface area contributed by atoms with Crippen LogP contribution >= 0.6 is 0 Å². The highest BCUT2D eigenvalue weighted by atomic mass is 19.4. The highest BCUT2D eigenvalue weighted by Gasteiger charge is 2.34. The van der Waals surface area contributed by atoms with Crippen LogP contribution in [0.5, 0.6) is 0 Å². The van der Waals surface area contributed by atoms with Crippen LogP contribution in [0.3, 0.4) is 0 Å². The molecule has 0 fully saturated rings. The first-order valence-corrected chi connectivity index (χ1v) is 4.27. The van der Waals surface area contributed by atoms with E-state index in [4.69, 9.17) is 0 Å². The van der Waals surface area contributed by atoms with Crippen molar-refractivity contribution < 1.29 is 13.2 Å². The number of nitrogens with zero attached hydrogens (tertiary/aromatic N) is 2. The van der Waals surface area contributed by atoms with Crippen LogP contribution in [0.25, 0.3) is 10.9 Å². The lowest BCUT2D eigenvalue weighted by Crippen LogP contribution is -2.10. The van der Waals surface area contributed by atoms with Crippen LogP contribution in [-0.4, -0.2) is 9.97 Å². The maximum atomic E-state index is 12.3. The van der Waals surface area contributed by atoms with E-state index in [1.807, 2.05) is 6.92 Å². The number of rotatable bonds is 0. The van der Waals surface area contributed by atoms with Gasteiger partial charge in [-0.25, -0.2) is 9.97 Å². The second-order valence-corrected chi connectivity index (χ2v) is 3.25. The van der Waals surface area contributed by atoms with Crippen molar-refractivity contribution in [2.75, 3.05) is 0 Å². The third kappa shape index (κ3) is 1.91. The zero-order chi connectivity index (χ0) is 11.1. The molecule has 1 aromatic heterocycles. The topological polar surface area (TPSA) is 25.8 Å². The van der Waals surface area contributed by atoms with Gasteiger partial charge >= 0.3 is 6.18 Å². The van der Waals surface area contributed by atoms with E-state index < -0.39 is 12.0 Å². The van der Waals surface area contributed by atoms with Crippen molar-refractivity contribution >= 4 is 10.9 Å². The Morgan fingerprint density at radius 2 is 1.93 bits per heavy atom. The molecular formula is C10H7F3N2. The number of aryl methyl sites for hydroxylation is 1. The molecule has 0 aliphatic heterocycles. The van der Waals surface area contributed by atoms with Crippen LogP contribution < -0.4 is 0 Å². The molecule has 1 heterocycles. The first-order valence-electron chi connectivity index (χ1n) is 4.27. The largest absolute Gasteiger partial charge is 0.451 e. The molecule has 0 amide bonds. The highest BCUT2D eigenvalue weighted by Crippen LogP contribution is 2.27. The Morgan fingerprint density at radius 1 is 1.20 bits per heavy atom. The van der Waals surface area contributed by atoms with Crippen LogP contribution in [-0.2, 0) is 6.18 Å². The maximum Gasteiger partial charge on any atom is 0.451 e. The number of hydrogen-bond donors (Lipinski definition) is 0. The lowest BCUT2D eigenvalue weighted by molar-refractivity contribution is -0.144. The van der Waals surface area contributed by atoms with E-state index in [0.29, 0.717) is 10.9 Å². The quantitative estimate of drug-likeness (QED) is 0.670. The second-order valence-electron chi connectivity index (χ2n) is 3.25. The van der Waals surface area contributed by atoms with Gasteiger partial charge < -0.3 is 0 Å². The molecule has 0 aliphatic rings. The molecule has 0 saturated carbocycles. The Bertz CT molecular complexity index is 505. The average molecular weight is 212 g/mol. The fourth-order valence-corrected chi connectivity index (χ4v) is 1.29. The molecule has 0 atom stereocenters. The van der Waals surface area contributed by atoms with Gasteiger partial charge in [0.05, 0.1) is 5.52 Å². The highest BCUT2D eigenvalue weighted by molar-refractivity contribution is 5.78. The van der Waals surface area contributed by atoms with Gasteiger partial charge in [0.1, 0.15) is 0 Å². The summed E-state index contributed by atoms with van der Waals surface area (Å²) in [4.78, 5) is 6.73. The molecule has 2 aromatic rings. The third-order valence-corrected chi connectivity index (χ3v) is 1.99. The molecule has 1 aromatic carbocycles. The number of aromatic nitrogens is 2. The maximum absolute atomic E-state index is 12.3. The minimum absolute atomic E-state index is 0.308. The van der Waals surface area contributed by atoms with Crippen molar-refractivity contribution in [1.82, 2.24) is 9.97 Å². The number of hydrogen-bond acceptors (Lipinski definition) is 2. The summed E-state index contributed by atoms with van der Waals surface area (Å²) in [7, 11) is 0. The van der Waals surface area contributed by atoms with Crippen LogP contribution in [0.1, 0.15) is 11.4 Å². The molecule has 15 heavy (non-hydrogen) atoms. The zero-order valence-electron chi connectivity index (χ0n) is 7.84. The zero-order valence-corrected chi connectivity index (χ0v) is 7.84. The number of benzene rings is 1. The molecule has 0 bridgehead atoms. The Balaban J connectivity index is 2.62.